The topological polar surface area (TPSA) is 67.8 Å². The number of carbonyl (C=O) groups is 1. The molecule has 0 unspecified atom stereocenters. The molecule has 0 saturated carbocycles. The van der Waals surface area contributed by atoms with E-state index in [9.17, 15) is 4.79 Å². The van der Waals surface area contributed by atoms with Crippen molar-refractivity contribution in [3.05, 3.63) is 47.9 Å². The summed E-state index contributed by atoms with van der Waals surface area (Å²) in [5, 5.41) is 4.79. The van der Waals surface area contributed by atoms with Crippen molar-refractivity contribution in [3.63, 3.8) is 0 Å². The Balaban J connectivity index is 1.89. The molecule has 2 heterocycles. The molecule has 1 aromatic carbocycles. The predicted octanol–water partition coefficient (Wildman–Crippen LogP) is 2.65. The number of pyridine rings is 1. The van der Waals surface area contributed by atoms with Crippen LogP contribution in [0.2, 0.25) is 0 Å². The maximum Gasteiger partial charge on any atom is 0.278 e. The van der Waals surface area contributed by atoms with Crippen molar-refractivity contribution in [1.82, 2.24) is 13.7 Å². The van der Waals surface area contributed by atoms with Crippen molar-refractivity contribution in [2.45, 2.75) is 6.92 Å². The number of rotatable bonds is 2. The van der Waals surface area contributed by atoms with E-state index < -0.39 is 0 Å². The predicted molar refractivity (Wildman–Crippen MR) is 74.3 cm³/mol. The molecule has 0 atom stereocenters. The van der Waals surface area contributed by atoms with Crippen LogP contribution < -0.4 is 5.32 Å². The third-order valence-electron chi connectivity index (χ3n) is 2.74. The second-order valence-corrected chi connectivity index (χ2v) is 4.60. The van der Waals surface area contributed by atoms with E-state index in [0.717, 1.165) is 22.5 Å². The van der Waals surface area contributed by atoms with E-state index in [1.165, 1.54) is 0 Å². The van der Waals surface area contributed by atoms with Crippen LogP contribution >= 0.6 is 11.7 Å². The van der Waals surface area contributed by atoms with Crippen LogP contribution in [0.1, 0.15) is 16.2 Å². The van der Waals surface area contributed by atoms with E-state index in [1.807, 2.05) is 30.3 Å². The smallest absolute Gasteiger partial charge is 0.278 e. The summed E-state index contributed by atoms with van der Waals surface area (Å²) < 4.78 is 7.94. The van der Waals surface area contributed by atoms with Gasteiger partial charge in [0.25, 0.3) is 5.91 Å². The minimum atomic E-state index is -0.283. The number of nitrogens with one attached hydrogen (secondary N) is 1. The van der Waals surface area contributed by atoms with Crippen molar-refractivity contribution in [2.75, 3.05) is 5.32 Å². The molecule has 0 aliphatic carbocycles. The number of hydrogen-bond acceptors (Lipinski definition) is 5. The van der Waals surface area contributed by atoms with E-state index >= 15 is 0 Å². The first-order valence-electron chi connectivity index (χ1n) is 5.69. The van der Waals surface area contributed by atoms with E-state index in [4.69, 9.17) is 0 Å². The first-order valence-corrected chi connectivity index (χ1v) is 6.42. The minimum absolute atomic E-state index is 0.283. The number of aromatic nitrogens is 3. The van der Waals surface area contributed by atoms with Gasteiger partial charge >= 0.3 is 0 Å². The fourth-order valence-corrected chi connectivity index (χ4v) is 2.31. The summed E-state index contributed by atoms with van der Waals surface area (Å²) >= 11 is 1.03. The molecular formula is C13H10N4OS. The molecule has 1 N–H and O–H groups in total. The van der Waals surface area contributed by atoms with Crippen LogP contribution in [0.25, 0.3) is 10.8 Å². The van der Waals surface area contributed by atoms with Crippen LogP contribution in [0, 0.1) is 6.92 Å². The number of fused-ring (bicyclic) bond motifs is 1. The van der Waals surface area contributed by atoms with Gasteiger partial charge in [0.1, 0.15) is 5.82 Å². The van der Waals surface area contributed by atoms with Crippen LogP contribution in [-0.4, -0.2) is 19.6 Å². The summed E-state index contributed by atoms with van der Waals surface area (Å²) in [6.45, 7) is 1.76. The van der Waals surface area contributed by atoms with Crippen LogP contribution in [0.15, 0.2) is 36.5 Å². The van der Waals surface area contributed by atoms with Crippen LogP contribution in [0.5, 0.6) is 0 Å². The third-order valence-corrected chi connectivity index (χ3v) is 3.36. The lowest BCUT2D eigenvalue weighted by atomic mass is 10.2. The Morgan fingerprint density at radius 2 is 2.00 bits per heavy atom. The molecule has 6 heteroatoms. The summed E-state index contributed by atoms with van der Waals surface area (Å²) in [5.41, 5.74) is 0.975. The highest BCUT2D eigenvalue weighted by molar-refractivity contribution is 6.99. The highest BCUT2D eigenvalue weighted by Gasteiger charge is 2.13. The second kappa shape index (κ2) is 4.74. The SMILES string of the molecule is Cc1nsnc1C(=O)Nc1cc2ccccc2cn1. The Morgan fingerprint density at radius 3 is 2.74 bits per heavy atom. The minimum Gasteiger partial charge on any atom is -0.305 e. The number of amides is 1. The average Bonchev–Trinajstić information content (AvgIpc) is 2.85. The quantitative estimate of drug-likeness (QED) is 0.777. The largest absolute Gasteiger partial charge is 0.305 e. The summed E-state index contributed by atoms with van der Waals surface area (Å²) in [5.74, 6) is 0.227. The molecule has 2 aromatic heterocycles. The fraction of sp³-hybridized carbons (Fsp3) is 0.0769. The number of carbonyl (C=O) groups excluding carboxylic acids is 1. The molecule has 3 rings (SSSR count). The van der Waals surface area contributed by atoms with Crippen molar-refractivity contribution in [1.29, 1.82) is 0 Å². The number of benzene rings is 1. The maximum absolute atomic E-state index is 12.0. The molecule has 0 fully saturated rings. The Kier molecular flexibility index (Phi) is 2.92. The van der Waals surface area contributed by atoms with Crippen molar-refractivity contribution >= 4 is 34.2 Å². The van der Waals surface area contributed by atoms with Gasteiger partial charge in [-0.05, 0) is 18.4 Å². The molecule has 0 radical (unpaired) electrons. The zero-order chi connectivity index (χ0) is 13.2. The number of aryl methyl sites for hydroxylation is 1. The lowest BCUT2D eigenvalue weighted by Crippen LogP contribution is -2.14. The lowest BCUT2D eigenvalue weighted by Gasteiger charge is -2.04. The van der Waals surface area contributed by atoms with Gasteiger partial charge in [-0.1, -0.05) is 24.3 Å². The highest BCUT2D eigenvalue weighted by Crippen LogP contribution is 2.16. The van der Waals surface area contributed by atoms with Gasteiger partial charge in [-0.2, -0.15) is 8.75 Å². The fourth-order valence-electron chi connectivity index (χ4n) is 1.76. The lowest BCUT2D eigenvalue weighted by molar-refractivity contribution is 0.102. The zero-order valence-corrected chi connectivity index (χ0v) is 10.9. The van der Waals surface area contributed by atoms with Gasteiger partial charge in [0.2, 0.25) is 0 Å². The molecule has 3 aromatic rings. The Labute approximate surface area is 113 Å². The van der Waals surface area contributed by atoms with Gasteiger partial charge in [-0.3, -0.25) is 4.79 Å². The first kappa shape index (κ1) is 11.7. The summed E-state index contributed by atoms with van der Waals surface area (Å²) in [7, 11) is 0. The number of hydrogen-bond donors (Lipinski definition) is 1. The van der Waals surface area contributed by atoms with Crippen molar-refractivity contribution in [2.24, 2.45) is 0 Å². The molecule has 0 aliphatic rings. The maximum atomic E-state index is 12.0. The Hall–Kier alpha value is -2.34. The van der Waals surface area contributed by atoms with Gasteiger partial charge < -0.3 is 5.32 Å². The molecule has 0 aliphatic heterocycles. The number of nitrogens with zero attached hydrogens (tertiary/aromatic N) is 3. The zero-order valence-electron chi connectivity index (χ0n) is 10.1. The summed E-state index contributed by atoms with van der Waals surface area (Å²) in [6.07, 6.45) is 1.73. The van der Waals surface area contributed by atoms with Crippen molar-refractivity contribution < 1.29 is 4.79 Å². The Bertz CT molecular complexity index is 753. The molecule has 94 valence electrons. The standard InChI is InChI=1S/C13H10N4OS/c1-8-12(17-19-16-8)13(18)15-11-6-9-4-2-3-5-10(9)7-14-11/h2-7H,1H3,(H,14,15,18). The highest BCUT2D eigenvalue weighted by atomic mass is 32.1. The number of anilines is 1. The monoisotopic (exact) mass is 270 g/mol. The normalized spacial score (nSPS) is 10.6. The van der Waals surface area contributed by atoms with Crippen LogP contribution in [0.4, 0.5) is 5.82 Å². The van der Waals surface area contributed by atoms with Crippen LogP contribution in [0.3, 0.4) is 0 Å². The second-order valence-electron chi connectivity index (χ2n) is 4.07. The van der Waals surface area contributed by atoms with E-state index in [1.54, 1.807) is 13.1 Å². The van der Waals surface area contributed by atoms with E-state index in [-0.39, 0.29) is 5.91 Å². The van der Waals surface area contributed by atoms with Gasteiger partial charge in [0.15, 0.2) is 5.69 Å². The molecule has 5 nitrogen and oxygen atoms in total. The van der Waals surface area contributed by atoms with E-state index in [2.05, 4.69) is 19.0 Å². The molecule has 0 spiro atoms. The molecular weight excluding hydrogens is 260 g/mol. The van der Waals surface area contributed by atoms with Gasteiger partial charge in [0, 0.05) is 11.6 Å². The summed E-state index contributed by atoms with van der Waals surface area (Å²) in [4.78, 5) is 16.2. The average molecular weight is 270 g/mol. The van der Waals surface area contributed by atoms with Gasteiger partial charge in [-0.15, -0.1) is 0 Å². The van der Waals surface area contributed by atoms with E-state index in [0.29, 0.717) is 17.2 Å². The van der Waals surface area contributed by atoms with Crippen molar-refractivity contribution in [3.8, 4) is 0 Å². The van der Waals surface area contributed by atoms with Gasteiger partial charge in [0.05, 0.1) is 17.4 Å². The third kappa shape index (κ3) is 2.30. The van der Waals surface area contributed by atoms with Gasteiger partial charge in [-0.25, -0.2) is 4.98 Å². The van der Waals surface area contributed by atoms with Crippen LogP contribution in [-0.2, 0) is 0 Å². The molecule has 0 saturated heterocycles. The molecule has 19 heavy (non-hydrogen) atoms. The Morgan fingerprint density at radius 1 is 1.21 bits per heavy atom. The summed E-state index contributed by atoms with van der Waals surface area (Å²) in [6, 6.07) is 9.68. The molecule has 0 bridgehead atoms. The first-order chi connectivity index (χ1) is 9.24. The molecule has 1 amide bonds.